The van der Waals surface area contributed by atoms with Gasteiger partial charge in [-0.05, 0) is 12.0 Å². The lowest BCUT2D eigenvalue weighted by molar-refractivity contribution is 0.382. The van der Waals surface area contributed by atoms with Crippen LogP contribution in [0, 0.1) is 0 Å². The van der Waals surface area contributed by atoms with Gasteiger partial charge in [0.05, 0.1) is 0 Å². The van der Waals surface area contributed by atoms with Gasteiger partial charge < -0.3 is 5.73 Å². The summed E-state index contributed by atoms with van der Waals surface area (Å²) in [5, 5.41) is 4.26. The van der Waals surface area contributed by atoms with Gasteiger partial charge in [0.25, 0.3) is 0 Å². The Morgan fingerprint density at radius 2 is 2.06 bits per heavy atom. The molecule has 0 saturated carbocycles. The van der Waals surface area contributed by atoms with E-state index in [1.807, 2.05) is 4.68 Å². The summed E-state index contributed by atoms with van der Waals surface area (Å²) in [5.41, 5.74) is 7.04. The first-order valence-corrected chi connectivity index (χ1v) is 5.99. The van der Waals surface area contributed by atoms with Crippen LogP contribution in [-0.4, -0.2) is 14.8 Å². The van der Waals surface area contributed by atoms with Crippen molar-refractivity contribution in [1.29, 1.82) is 0 Å². The first kappa shape index (κ1) is 10.3. The molecule has 0 aliphatic carbocycles. The highest BCUT2D eigenvalue weighted by atomic mass is 15.4. The maximum absolute atomic E-state index is 5.66. The molecule has 17 heavy (non-hydrogen) atoms. The minimum atomic E-state index is 0.389. The molecule has 2 unspecified atom stereocenters. The van der Waals surface area contributed by atoms with Gasteiger partial charge in [0.15, 0.2) is 0 Å². The number of nitrogen functional groups attached to an aromatic ring is 1. The zero-order valence-electron chi connectivity index (χ0n) is 9.87. The van der Waals surface area contributed by atoms with Gasteiger partial charge in [-0.15, -0.1) is 5.10 Å². The smallest absolute Gasteiger partial charge is 0.239 e. The van der Waals surface area contributed by atoms with E-state index in [4.69, 9.17) is 5.73 Å². The molecule has 1 aliphatic rings. The van der Waals surface area contributed by atoms with E-state index in [-0.39, 0.29) is 0 Å². The lowest BCUT2D eigenvalue weighted by Crippen LogP contribution is -2.22. The third-order valence-corrected chi connectivity index (χ3v) is 3.46. The second-order valence-electron chi connectivity index (χ2n) is 4.75. The SMILES string of the molecule is CC1CC(c2ccccc2)Cn2nc(N)nc21. The quantitative estimate of drug-likeness (QED) is 0.813. The predicted octanol–water partition coefficient (Wildman–Crippen LogP) is 2.15. The molecular weight excluding hydrogens is 212 g/mol. The Balaban J connectivity index is 1.93. The number of hydrogen-bond acceptors (Lipinski definition) is 3. The molecule has 88 valence electrons. The molecule has 1 aromatic carbocycles. The first-order chi connectivity index (χ1) is 8.24. The summed E-state index contributed by atoms with van der Waals surface area (Å²) in [7, 11) is 0. The van der Waals surface area contributed by atoms with Crippen molar-refractivity contribution in [2.75, 3.05) is 5.73 Å². The van der Waals surface area contributed by atoms with E-state index in [1.165, 1.54) is 5.56 Å². The topological polar surface area (TPSA) is 56.7 Å². The second kappa shape index (κ2) is 3.87. The highest BCUT2D eigenvalue weighted by Crippen LogP contribution is 2.35. The van der Waals surface area contributed by atoms with Gasteiger partial charge in [-0.25, -0.2) is 4.68 Å². The van der Waals surface area contributed by atoms with Gasteiger partial charge in [-0.2, -0.15) is 4.98 Å². The van der Waals surface area contributed by atoms with Crippen LogP contribution in [0.25, 0.3) is 0 Å². The second-order valence-corrected chi connectivity index (χ2v) is 4.75. The fourth-order valence-corrected chi connectivity index (χ4v) is 2.65. The Bertz CT molecular complexity index is 517. The van der Waals surface area contributed by atoms with E-state index in [0.717, 1.165) is 18.8 Å². The number of fused-ring (bicyclic) bond motifs is 1. The summed E-state index contributed by atoms with van der Waals surface area (Å²) in [6.07, 6.45) is 1.11. The molecule has 2 heterocycles. The molecule has 2 aromatic rings. The van der Waals surface area contributed by atoms with Crippen LogP contribution in [0.15, 0.2) is 30.3 Å². The molecule has 0 fully saturated rings. The van der Waals surface area contributed by atoms with E-state index >= 15 is 0 Å². The molecule has 0 radical (unpaired) electrons. The Hall–Kier alpha value is -1.84. The molecule has 1 aromatic heterocycles. The van der Waals surface area contributed by atoms with E-state index in [0.29, 0.717) is 17.8 Å². The summed E-state index contributed by atoms with van der Waals surface area (Å²) in [4.78, 5) is 4.29. The zero-order chi connectivity index (χ0) is 11.8. The standard InChI is InChI=1S/C13H16N4/c1-9-7-11(10-5-3-2-4-6-10)8-17-12(9)15-13(14)16-17/h2-6,9,11H,7-8H2,1H3,(H2,14,16). The van der Waals surface area contributed by atoms with Crippen LogP contribution in [0.4, 0.5) is 5.95 Å². The molecule has 3 rings (SSSR count). The Morgan fingerprint density at radius 3 is 2.82 bits per heavy atom. The first-order valence-electron chi connectivity index (χ1n) is 5.99. The van der Waals surface area contributed by atoms with Crippen molar-refractivity contribution in [2.45, 2.75) is 31.7 Å². The molecule has 4 nitrogen and oxygen atoms in total. The van der Waals surface area contributed by atoms with Crippen LogP contribution >= 0.6 is 0 Å². The molecule has 0 spiro atoms. The third-order valence-electron chi connectivity index (χ3n) is 3.46. The number of nitrogens with two attached hydrogens (primary N) is 1. The van der Waals surface area contributed by atoms with Crippen molar-refractivity contribution >= 4 is 5.95 Å². The van der Waals surface area contributed by atoms with Crippen molar-refractivity contribution in [3.63, 3.8) is 0 Å². The summed E-state index contributed by atoms with van der Waals surface area (Å²) < 4.78 is 1.96. The largest absolute Gasteiger partial charge is 0.366 e. The van der Waals surface area contributed by atoms with Crippen LogP contribution in [-0.2, 0) is 6.54 Å². The number of aromatic nitrogens is 3. The summed E-state index contributed by atoms with van der Waals surface area (Å²) >= 11 is 0. The fourth-order valence-electron chi connectivity index (χ4n) is 2.65. The number of nitrogens with zero attached hydrogens (tertiary/aromatic N) is 3. The van der Waals surface area contributed by atoms with Gasteiger partial charge in [0, 0.05) is 18.4 Å². The van der Waals surface area contributed by atoms with Crippen molar-refractivity contribution in [3.8, 4) is 0 Å². The maximum Gasteiger partial charge on any atom is 0.239 e. The van der Waals surface area contributed by atoms with Gasteiger partial charge in [0.2, 0.25) is 5.95 Å². The predicted molar refractivity (Wildman–Crippen MR) is 66.6 cm³/mol. The summed E-state index contributed by atoms with van der Waals surface area (Å²) in [5.74, 6) is 2.34. The van der Waals surface area contributed by atoms with Crippen molar-refractivity contribution in [1.82, 2.24) is 14.8 Å². The molecular formula is C13H16N4. The average Bonchev–Trinajstić information content (AvgIpc) is 2.71. The number of rotatable bonds is 1. The van der Waals surface area contributed by atoms with E-state index in [1.54, 1.807) is 0 Å². The van der Waals surface area contributed by atoms with E-state index in [2.05, 4.69) is 47.3 Å². The highest BCUT2D eigenvalue weighted by Gasteiger charge is 2.27. The van der Waals surface area contributed by atoms with Crippen molar-refractivity contribution in [3.05, 3.63) is 41.7 Å². The average molecular weight is 228 g/mol. The third kappa shape index (κ3) is 1.79. The van der Waals surface area contributed by atoms with Crippen molar-refractivity contribution < 1.29 is 0 Å². The Morgan fingerprint density at radius 1 is 1.29 bits per heavy atom. The minimum Gasteiger partial charge on any atom is -0.366 e. The fraction of sp³-hybridized carbons (Fsp3) is 0.385. The van der Waals surface area contributed by atoms with Gasteiger partial charge in [-0.3, -0.25) is 0 Å². The van der Waals surface area contributed by atoms with Crippen LogP contribution in [0.3, 0.4) is 0 Å². The lowest BCUT2D eigenvalue weighted by Gasteiger charge is -2.27. The minimum absolute atomic E-state index is 0.389. The Labute approximate surface area is 100 Å². The summed E-state index contributed by atoms with van der Waals surface area (Å²) in [6.45, 7) is 3.07. The van der Waals surface area contributed by atoms with Crippen LogP contribution in [0.1, 0.15) is 36.6 Å². The molecule has 0 amide bonds. The van der Waals surface area contributed by atoms with Gasteiger partial charge in [-0.1, -0.05) is 37.3 Å². The molecule has 2 N–H and O–H groups in total. The molecule has 0 saturated heterocycles. The molecule has 1 aliphatic heterocycles. The van der Waals surface area contributed by atoms with Gasteiger partial charge >= 0.3 is 0 Å². The number of hydrogen-bond donors (Lipinski definition) is 1. The monoisotopic (exact) mass is 228 g/mol. The lowest BCUT2D eigenvalue weighted by atomic mass is 9.86. The number of anilines is 1. The van der Waals surface area contributed by atoms with Gasteiger partial charge in [0.1, 0.15) is 5.82 Å². The maximum atomic E-state index is 5.66. The molecule has 0 bridgehead atoms. The van der Waals surface area contributed by atoms with Crippen molar-refractivity contribution in [2.24, 2.45) is 0 Å². The Kier molecular flexibility index (Phi) is 2.35. The normalized spacial score (nSPS) is 23.4. The van der Waals surface area contributed by atoms with Crippen LogP contribution in [0.5, 0.6) is 0 Å². The molecule has 2 atom stereocenters. The van der Waals surface area contributed by atoms with E-state index < -0.39 is 0 Å². The highest BCUT2D eigenvalue weighted by molar-refractivity contribution is 5.23. The summed E-state index contributed by atoms with van der Waals surface area (Å²) in [6, 6.07) is 10.6. The van der Waals surface area contributed by atoms with Crippen LogP contribution in [0.2, 0.25) is 0 Å². The van der Waals surface area contributed by atoms with Crippen LogP contribution < -0.4 is 5.73 Å². The molecule has 4 heteroatoms. The number of benzene rings is 1. The van der Waals surface area contributed by atoms with E-state index in [9.17, 15) is 0 Å². The zero-order valence-corrected chi connectivity index (χ0v) is 9.87.